The second-order valence-electron chi connectivity index (χ2n) is 6.22. The molecule has 0 saturated heterocycles. The molecule has 2 aromatic rings. The molecule has 2 rings (SSSR count). The maximum atomic E-state index is 11.7. The van der Waals surface area contributed by atoms with Gasteiger partial charge in [0.2, 0.25) is 0 Å². The first-order valence-corrected chi connectivity index (χ1v) is 8.84. The number of hydrogen-bond donors (Lipinski definition) is 0. The molecule has 22 heavy (non-hydrogen) atoms. The fourth-order valence-electron chi connectivity index (χ4n) is 1.97. The van der Waals surface area contributed by atoms with Crippen molar-refractivity contribution < 1.29 is 8.42 Å². The molecule has 0 N–H and O–H groups in total. The summed E-state index contributed by atoms with van der Waals surface area (Å²) in [4.78, 5) is 4.02. The van der Waals surface area contributed by atoms with Crippen LogP contribution >= 0.6 is 0 Å². The van der Waals surface area contributed by atoms with Gasteiger partial charge in [-0.3, -0.25) is 4.98 Å². The van der Waals surface area contributed by atoms with Crippen molar-refractivity contribution in [3.63, 3.8) is 0 Å². The van der Waals surface area contributed by atoms with E-state index in [0.29, 0.717) is 5.56 Å². The number of benzene rings is 1. The first-order chi connectivity index (χ1) is 10.2. The molecular formula is C18H19NO2S. The molecule has 114 valence electrons. The second kappa shape index (κ2) is 5.94. The second-order valence-corrected chi connectivity index (χ2v) is 8.21. The molecule has 0 atom stereocenters. The molecule has 0 saturated carbocycles. The van der Waals surface area contributed by atoms with Gasteiger partial charge in [-0.1, -0.05) is 44.7 Å². The molecule has 1 aromatic carbocycles. The minimum absolute atomic E-state index is 0.0977. The van der Waals surface area contributed by atoms with E-state index in [9.17, 15) is 8.42 Å². The van der Waals surface area contributed by atoms with Gasteiger partial charge in [0.15, 0.2) is 9.84 Å². The Hall–Kier alpha value is -2.12. The van der Waals surface area contributed by atoms with E-state index in [1.54, 1.807) is 12.3 Å². The highest BCUT2D eigenvalue weighted by molar-refractivity contribution is 7.90. The van der Waals surface area contributed by atoms with Crippen LogP contribution in [0.5, 0.6) is 0 Å². The molecule has 0 fully saturated rings. The number of nitrogens with zero attached hydrogens (tertiary/aromatic N) is 1. The van der Waals surface area contributed by atoms with Crippen LogP contribution in [0.15, 0.2) is 47.6 Å². The van der Waals surface area contributed by atoms with Crippen LogP contribution in [-0.4, -0.2) is 19.7 Å². The lowest BCUT2D eigenvalue weighted by Crippen LogP contribution is -2.10. The van der Waals surface area contributed by atoms with Crippen molar-refractivity contribution in [3.05, 3.63) is 59.4 Å². The van der Waals surface area contributed by atoms with E-state index in [0.717, 1.165) is 11.8 Å². The first-order valence-electron chi connectivity index (χ1n) is 6.94. The van der Waals surface area contributed by atoms with Gasteiger partial charge in [0.05, 0.1) is 0 Å². The number of pyridine rings is 1. The monoisotopic (exact) mass is 313 g/mol. The lowest BCUT2D eigenvalue weighted by Gasteiger charge is -2.18. The highest BCUT2D eigenvalue weighted by Crippen LogP contribution is 2.22. The van der Waals surface area contributed by atoms with Crippen molar-refractivity contribution in [1.82, 2.24) is 4.98 Å². The van der Waals surface area contributed by atoms with Crippen molar-refractivity contribution >= 4 is 9.84 Å². The summed E-state index contributed by atoms with van der Waals surface area (Å²) in [6.45, 7) is 6.47. The van der Waals surface area contributed by atoms with E-state index in [1.807, 2.05) is 24.3 Å². The Morgan fingerprint density at radius 1 is 1.00 bits per heavy atom. The molecule has 0 amide bonds. The Labute approximate surface area is 132 Å². The normalized spacial score (nSPS) is 11.6. The van der Waals surface area contributed by atoms with Gasteiger partial charge >= 0.3 is 0 Å². The summed E-state index contributed by atoms with van der Waals surface area (Å²) in [6, 6.07) is 9.62. The van der Waals surface area contributed by atoms with Crippen molar-refractivity contribution in [2.24, 2.45) is 0 Å². The molecule has 1 aromatic heterocycles. The van der Waals surface area contributed by atoms with Gasteiger partial charge in [0.25, 0.3) is 0 Å². The standard InChI is InChI=1S/C18H19NO2S/c1-18(2,3)16-9-6-14(7-10-16)5-8-15-11-12-19-13-17(15)22(4,20)21/h6-7,9-13H,1-4H3. The minimum Gasteiger partial charge on any atom is -0.263 e. The molecule has 1 heterocycles. The van der Waals surface area contributed by atoms with E-state index < -0.39 is 9.84 Å². The van der Waals surface area contributed by atoms with E-state index in [4.69, 9.17) is 0 Å². The minimum atomic E-state index is -3.33. The Morgan fingerprint density at radius 3 is 2.18 bits per heavy atom. The average Bonchev–Trinajstić information content (AvgIpc) is 2.44. The zero-order chi connectivity index (χ0) is 16.4. The molecule has 0 aliphatic carbocycles. The van der Waals surface area contributed by atoms with Crippen LogP contribution in [0.2, 0.25) is 0 Å². The van der Waals surface area contributed by atoms with Gasteiger partial charge in [-0.25, -0.2) is 8.42 Å². The highest BCUT2D eigenvalue weighted by atomic mass is 32.2. The van der Waals surface area contributed by atoms with E-state index in [2.05, 4.69) is 37.6 Å². The van der Waals surface area contributed by atoms with Gasteiger partial charge in [-0.15, -0.1) is 0 Å². The van der Waals surface area contributed by atoms with Crippen molar-refractivity contribution in [2.75, 3.05) is 6.26 Å². The zero-order valence-electron chi connectivity index (χ0n) is 13.2. The first kappa shape index (κ1) is 16.3. The number of hydrogen-bond acceptors (Lipinski definition) is 3. The number of sulfone groups is 1. The largest absolute Gasteiger partial charge is 0.263 e. The van der Waals surface area contributed by atoms with Crippen molar-refractivity contribution in [1.29, 1.82) is 0 Å². The molecule has 3 nitrogen and oxygen atoms in total. The van der Waals surface area contributed by atoms with Crippen LogP contribution in [-0.2, 0) is 15.3 Å². The fourth-order valence-corrected chi connectivity index (χ4v) is 2.74. The summed E-state index contributed by atoms with van der Waals surface area (Å²) >= 11 is 0. The Kier molecular flexibility index (Phi) is 4.39. The SMILES string of the molecule is CC(C)(C)c1ccc(C#Cc2ccncc2S(C)(=O)=O)cc1. The van der Waals surface area contributed by atoms with Gasteiger partial charge in [0, 0.05) is 29.8 Å². The molecule has 0 spiro atoms. The molecular weight excluding hydrogens is 294 g/mol. The maximum absolute atomic E-state index is 11.7. The third-order valence-corrected chi connectivity index (χ3v) is 4.40. The summed E-state index contributed by atoms with van der Waals surface area (Å²) < 4.78 is 23.4. The van der Waals surface area contributed by atoms with Crippen LogP contribution in [0.4, 0.5) is 0 Å². The Morgan fingerprint density at radius 2 is 1.64 bits per heavy atom. The number of rotatable bonds is 1. The van der Waals surface area contributed by atoms with Gasteiger partial charge in [-0.2, -0.15) is 0 Å². The van der Waals surface area contributed by atoms with Crippen molar-refractivity contribution in [3.8, 4) is 11.8 Å². The van der Waals surface area contributed by atoms with Gasteiger partial charge < -0.3 is 0 Å². The third kappa shape index (κ3) is 3.96. The summed E-state index contributed by atoms with van der Waals surface area (Å²) in [5.41, 5.74) is 2.65. The summed E-state index contributed by atoms with van der Waals surface area (Å²) in [7, 11) is -3.33. The molecule has 0 aliphatic rings. The smallest absolute Gasteiger partial charge is 0.178 e. The fraction of sp³-hybridized carbons (Fsp3) is 0.278. The number of aromatic nitrogens is 1. The van der Waals surface area contributed by atoms with E-state index in [-0.39, 0.29) is 10.3 Å². The summed E-state index contributed by atoms with van der Waals surface area (Å²) in [5, 5.41) is 0. The molecule has 0 bridgehead atoms. The Bertz CT molecular complexity index is 833. The van der Waals surface area contributed by atoms with Gasteiger partial charge in [0.1, 0.15) is 4.90 Å². The molecule has 0 radical (unpaired) electrons. The Balaban J connectivity index is 2.36. The zero-order valence-corrected chi connectivity index (χ0v) is 14.0. The van der Waals surface area contributed by atoms with Crippen LogP contribution in [0.25, 0.3) is 0 Å². The lowest BCUT2D eigenvalue weighted by molar-refractivity contribution is 0.590. The van der Waals surface area contributed by atoms with Crippen LogP contribution in [0.3, 0.4) is 0 Å². The lowest BCUT2D eigenvalue weighted by atomic mass is 9.87. The summed E-state index contributed by atoms with van der Waals surface area (Å²) in [5.74, 6) is 5.93. The maximum Gasteiger partial charge on any atom is 0.178 e. The predicted molar refractivity (Wildman–Crippen MR) is 88.5 cm³/mol. The van der Waals surface area contributed by atoms with Crippen LogP contribution < -0.4 is 0 Å². The average molecular weight is 313 g/mol. The van der Waals surface area contributed by atoms with E-state index >= 15 is 0 Å². The van der Waals surface area contributed by atoms with Crippen LogP contribution in [0, 0.1) is 11.8 Å². The van der Waals surface area contributed by atoms with E-state index in [1.165, 1.54) is 11.8 Å². The van der Waals surface area contributed by atoms with Crippen LogP contribution in [0.1, 0.15) is 37.5 Å². The van der Waals surface area contributed by atoms with Gasteiger partial charge in [-0.05, 0) is 29.2 Å². The highest BCUT2D eigenvalue weighted by Gasteiger charge is 2.13. The quantitative estimate of drug-likeness (QED) is 0.760. The van der Waals surface area contributed by atoms with Crippen molar-refractivity contribution in [2.45, 2.75) is 31.1 Å². The third-order valence-electron chi connectivity index (χ3n) is 3.28. The predicted octanol–water partition coefficient (Wildman–Crippen LogP) is 3.18. The molecule has 4 heteroatoms. The topological polar surface area (TPSA) is 47.0 Å². The molecule has 0 aliphatic heterocycles. The summed E-state index contributed by atoms with van der Waals surface area (Å²) in [6.07, 6.45) is 4.04. The molecule has 0 unspecified atom stereocenters.